The molecule has 3 heteroatoms. The molecule has 1 aromatic rings. The van der Waals surface area contributed by atoms with Gasteiger partial charge < -0.3 is 10.2 Å². The molecule has 1 aliphatic heterocycles. The Bertz CT molecular complexity index is 364. The van der Waals surface area contributed by atoms with Crippen molar-refractivity contribution in [2.75, 3.05) is 18.0 Å². The zero-order valence-electron chi connectivity index (χ0n) is 10.4. The Hall–Kier alpha value is -1.51. The van der Waals surface area contributed by atoms with E-state index in [2.05, 4.69) is 34.5 Å². The summed E-state index contributed by atoms with van der Waals surface area (Å²) in [6.07, 6.45) is 2.94. The van der Waals surface area contributed by atoms with Gasteiger partial charge in [-0.05, 0) is 25.0 Å². The van der Waals surface area contributed by atoms with E-state index in [4.69, 9.17) is 0 Å². The normalized spacial score (nSPS) is 19.4. The lowest BCUT2D eigenvalue weighted by Gasteiger charge is -2.27. The number of carbonyl (C=O) groups is 1. The molecule has 0 spiro atoms. The Labute approximate surface area is 103 Å². The number of amides is 1. The molecule has 1 aliphatic rings. The van der Waals surface area contributed by atoms with Gasteiger partial charge in [0.2, 0.25) is 5.91 Å². The monoisotopic (exact) mass is 232 g/mol. The third-order valence-corrected chi connectivity index (χ3v) is 3.32. The fourth-order valence-electron chi connectivity index (χ4n) is 2.36. The maximum atomic E-state index is 11.3. The molecule has 1 saturated heterocycles. The molecule has 1 N–H and O–H groups in total. The molecule has 0 bridgehead atoms. The van der Waals surface area contributed by atoms with Gasteiger partial charge in [-0.3, -0.25) is 4.79 Å². The lowest BCUT2D eigenvalue weighted by molar-refractivity contribution is -0.120. The molecule has 92 valence electrons. The first-order valence-electron chi connectivity index (χ1n) is 6.39. The maximum Gasteiger partial charge on any atom is 0.219 e. The number of nitrogens with one attached hydrogen (secondary N) is 1. The van der Waals surface area contributed by atoms with Crippen molar-refractivity contribution in [2.24, 2.45) is 0 Å². The van der Waals surface area contributed by atoms with Crippen molar-refractivity contribution in [3.8, 4) is 0 Å². The molecule has 1 atom stereocenters. The molecular formula is C14H20N2O. The van der Waals surface area contributed by atoms with E-state index in [1.165, 1.54) is 18.5 Å². The summed E-state index contributed by atoms with van der Waals surface area (Å²) in [5.41, 5.74) is 1.26. The molecule has 1 aromatic carbocycles. The third-order valence-electron chi connectivity index (χ3n) is 3.32. The summed E-state index contributed by atoms with van der Waals surface area (Å²) in [6.45, 7) is 3.75. The summed E-state index contributed by atoms with van der Waals surface area (Å²) in [5.74, 6) is 0.143. The van der Waals surface area contributed by atoms with Crippen LogP contribution >= 0.6 is 0 Å². The largest absolute Gasteiger partial charge is 0.367 e. The Kier molecular flexibility index (Phi) is 4.02. The van der Waals surface area contributed by atoms with E-state index in [0.29, 0.717) is 12.5 Å². The maximum absolute atomic E-state index is 11.3. The van der Waals surface area contributed by atoms with Crippen LogP contribution in [0.5, 0.6) is 0 Å². The van der Waals surface area contributed by atoms with Crippen molar-refractivity contribution in [1.82, 2.24) is 5.32 Å². The minimum Gasteiger partial charge on any atom is -0.367 e. The van der Waals surface area contributed by atoms with Crippen molar-refractivity contribution < 1.29 is 4.79 Å². The van der Waals surface area contributed by atoms with Crippen molar-refractivity contribution in [3.05, 3.63) is 30.3 Å². The van der Waals surface area contributed by atoms with Crippen LogP contribution in [0.25, 0.3) is 0 Å². The number of para-hydroxylation sites is 1. The van der Waals surface area contributed by atoms with E-state index in [-0.39, 0.29) is 5.91 Å². The Morgan fingerprint density at radius 2 is 2.18 bits per heavy atom. The Morgan fingerprint density at radius 3 is 2.88 bits per heavy atom. The minimum atomic E-state index is 0.143. The number of carbonyl (C=O) groups excluding carboxylic acids is 1. The SMILES string of the molecule is CCC(=O)NCC1CCCN1c1ccccc1. The number of nitrogens with zero attached hydrogens (tertiary/aromatic N) is 1. The molecule has 3 nitrogen and oxygen atoms in total. The van der Waals surface area contributed by atoms with Crippen LogP contribution in [0.4, 0.5) is 5.69 Å². The van der Waals surface area contributed by atoms with Crippen molar-refractivity contribution in [3.63, 3.8) is 0 Å². The van der Waals surface area contributed by atoms with Gasteiger partial charge >= 0.3 is 0 Å². The van der Waals surface area contributed by atoms with Crippen molar-refractivity contribution in [1.29, 1.82) is 0 Å². The van der Waals surface area contributed by atoms with E-state index in [0.717, 1.165) is 13.1 Å². The first kappa shape index (κ1) is 12.0. The second-order valence-corrected chi connectivity index (χ2v) is 4.48. The van der Waals surface area contributed by atoms with Gasteiger partial charge in [0.25, 0.3) is 0 Å². The fraction of sp³-hybridized carbons (Fsp3) is 0.500. The van der Waals surface area contributed by atoms with Gasteiger partial charge in [0.1, 0.15) is 0 Å². The van der Waals surface area contributed by atoms with Crippen LogP contribution in [-0.2, 0) is 4.79 Å². The van der Waals surface area contributed by atoms with E-state index in [1.54, 1.807) is 0 Å². The molecule has 1 amide bonds. The van der Waals surface area contributed by atoms with Crippen LogP contribution in [0.1, 0.15) is 26.2 Å². The quantitative estimate of drug-likeness (QED) is 0.863. The zero-order chi connectivity index (χ0) is 12.1. The zero-order valence-corrected chi connectivity index (χ0v) is 10.4. The molecule has 0 radical (unpaired) electrons. The summed E-state index contributed by atoms with van der Waals surface area (Å²) in [7, 11) is 0. The molecule has 1 unspecified atom stereocenters. The number of rotatable bonds is 4. The lowest BCUT2D eigenvalue weighted by Crippen LogP contribution is -2.40. The third kappa shape index (κ3) is 2.99. The highest BCUT2D eigenvalue weighted by Crippen LogP contribution is 2.24. The highest BCUT2D eigenvalue weighted by molar-refractivity contribution is 5.75. The van der Waals surface area contributed by atoms with Crippen LogP contribution in [0.3, 0.4) is 0 Å². The van der Waals surface area contributed by atoms with E-state index in [1.807, 2.05) is 13.0 Å². The number of hydrogen-bond donors (Lipinski definition) is 1. The predicted molar refractivity (Wildman–Crippen MR) is 70.1 cm³/mol. The van der Waals surface area contributed by atoms with Crippen LogP contribution < -0.4 is 10.2 Å². The van der Waals surface area contributed by atoms with Gasteiger partial charge in [-0.25, -0.2) is 0 Å². The first-order chi connectivity index (χ1) is 8.31. The van der Waals surface area contributed by atoms with Gasteiger partial charge in [0.15, 0.2) is 0 Å². The molecule has 0 aliphatic carbocycles. The molecule has 0 aromatic heterocycles. The Balaban J connectivity index is 1.96. The average Bonchev–Trinajstić information content (AvgIpc) is 2.85. The van der Waals surface area contributed by atoms with E-state index < -0.39 is 0 Å². The fourth-order valence-corrected chi connectivity index (χ4v) is 2.36. The highest BCUT2D eigenvalue weighted by atomic mass is 16.1. The van der Waals surface area contributed by atoms with E-state index in [9.17, 15) is 4.79 Å². The summed E-state index contributed by atoms with van der Waals surface area (Å²) >= 11 is 0. The van der Waals surface area contributed by atoms with Crippen LogP contribution in [0.2, 0.25) is 0 Å². The summed E-state index contributed by atoms with van der Waals surface area (Å²) in [5, 5.41) is 2.99. The second-order valence-electron chi connectivity index (χ2n) is 4.48. The standard InChI is InChI=1S/C14H20N2O/c1-2-14(17)15-11-13-9-6-10-16(13)12-7-4-3-5-8-12/h3-5,7-8,13H,2,6,9-11H2,1H3,(H,15,17). The van der Waals surface area contributed by atoms with Gasteiger partial charge in [0, 0.05) is 31.2 Å². The smallest absolute Gasteiger partial charge is 0.219 e. The summed E-state index contributed by atoms with van der Waals surface area (Å²) in [4.78, 5) is 13.7. The lowest BCUT2D eigenvalue weighted by atomic mass is 10.2. The average molecular weight is 232 g/mol. The highest BCUT2D eigenvalue weighted by Gasteiger charge is 2.24. The number of benzene rings is 1. The summed E-state index contributed by atoms with van der Waals surface area (Å²) < 4.78 is 0. The predicted octanol–water partition coefficient (Wildman–Crippen LogP) is 2.18. The van der Waals surface area contributed by atoms with Gasteiger partial charge in [-0.2, -0.15) is 0 Å². The van der Waals surface area contributed by atoms with Gasteiger partial charge in [0.05, 0.1) is 0 Å². The molecule has 2 rings (SSSR count). The molecular weight excluding hydrogens is 212 g/mol. The number of hydrogen-bond acceptors (Lipinski definition) is 2. The molecule has 1 fully saturated rings. The number of anilines is 1. The van der Waals surface area contributed by atoms with Gasteiger partial charge in [-0.15, -0.1) is 0 Å². The van der Waals surface area contributed by atoms with Crippen molar-refractivity contribution in [2.45, 2.75) is 32.2 Å². The molecule has 0 saturated carbocycles. The topological polar surface area (TPSA) is 32.3 Å². The minimum absolute atomic E-state index is 0.143. The van der Waals surface area contributed by atoms with Crippen LogP contribution in [-0.4, -0.2) is 25.0 Å². The molecule has 1 heterocycles. The van der Waals surface area contributed by atoms with E-state index >= 15 is 0 Å². The second kappa shape index (κ2) is 5.71. The Morgan fingerprint density at radius 1 is 1.41 bits per heavy atom. The van der Waals surface area contributed by atoms with Crippen molar-refractivity contribution >= 4 is 11.6 Å². The first-order valence-corrected chi connectivity index (χ1v) is 6.39. The van der Waals surface area contributed by atoms with Gasteiger partial charge in [-0.1, -0.05) is 25.1 Å². The molecule has 17 heavy (non-hydrogen) atoms. The van der Waals surface area contributed by atoms with Crippen LogP contribution in [0.15, 0.2) is 30.3 Å². The van der Waals surface area contributed by atoms with Crippen LogP contribution in [0, 0.1) is 0 Å². The summed E-state index contributed by atoms with van der Waals surface area (Å²) in [6, 6.07) is 10.9.